The van der Waals surface area contributed by atoms with E-state index in [-0.39, 0.29) is 6.54 Å². The van der Waals surface area contributed by atoms with Gasteiger partial charge in [0, 0.05) is 18.2 Å². The lowest BCUT2D eigenvalue weighted by atomic mass is 9.99. The third-order valence-corrected chi connectivity index (χ3v) is 2.44. The molecule has 1 aromatic rings. The van der Waals surface area contributed by atoms with Crippen LogP contribution in [0.25, 0.3) is 0 Å². The van der Waals surface area contributed by atoms with E-state index in [1.807, 2.05) is 0 Å². The molecule has 96 valence electrons. The topological polar surface area (TPSA) is 72.3 Å². The largest absolute Gasteiger partial charge is 0.505 e. The van der Waals surface area contributed by atoms with Crippen LogP contribution in [0, 0.1) is 5.82 Å². The van der Waals surface area contributed by atoms with Gasteiger partial charge < -0.3 is 16.6 Å². The van der Waals surface area contributed by atoms with Crippen LogP contribution in [0.2, 0.25) is 5.02 Å². The Balaban J connectivity index is 3.58. The van der Waals surface area contributed by atoms with Gasteiger partial charge in [0.1, 0.15) is 0 Å². The van der Waals surface area contributed by atoms with Crippen molar-refractivity contribution in [2.45, 2.75) is 12.2 Å². The van der Waals surface area contributed by atoms with Crippen LogP contribution in [0.4, 0.5) is 17.6 Å². The molecule has 0 radical (unpaired) electrons. The van der Waals surface area contributed by atoms with Crippen LogP contribution in [0.3, 0.4) is 0 Å². The number of benzene rings is 1. The maximum Gasteiger partial charge on any atom is 0.416 e. The molecular formula is C9H9ClF4N2O. The van der Waals surface area contributed by atoms with E-state index in [1.54, 1.807) is 0 Å². The lowest BCUT2D eigenvalue weighted by molar-refractivity contribution is -0.138. The van der Waals surface area contributed by atoms with Gasteiger partial charge in [-0.15, -0.1) is 0 Å². The van der Waals surface area contributed by atoms with Crippen molar-refractivity contribution in [2.75, 3.05) is 6.54 Å². The Bertz CT molecular complexity index is 436. The van der Waals surface area contributed by atoms with Crippen molar-refractivity contribution in [3.63, 3.8) is 0 Å². The van der Waals surface area contributed by atoms with Crippen LogP contribution in [0.15, 0.2) is 6.07 Å². The summed E-state index contributed by atoms with van der Waals surface area (Å²) in [5.41, 5.74) is 8.35. The van der Waals surface area contributed by atoms with E-state index < -0.39 is 39.9 Å². The molecule has 0 fully saturated rings. The van der Waals surface area contributed by atoms with Crippen LogP contribution < -0.4 is 11.5 Å². The van der Waals surface area contributed by atoms with Crippen LogP contribution in [0.5, 0.6) is 5.75 Å². The summed E-state index contributed by atoms with van der Waals surface area (Å²) < 4.78 is 51.2. The minimum atomic E-state index is -4.81. The van der Waals surface area contributed by atoms with E-state index in [0.29, 0.717) is 6.07 Å². The molecule has 0 aliphatic carbocycles. The lowest BCUT2D eigenvalue weighted by Gasteiger charge is -2.19. The van der Waals surface area contributed by atoms with E-state index in [4.69, 9.17) is 23.1 Å². The van der Waals surface area contributed by atoms with Crippen molar-refractivity contribution in [3.8, 4) is 5.75 Å². The Labute approximate surface area is 99.0 Å². The predicted octanol–water partition coefficient (Wildman–Crippen LogP) is 2.16. The molecule has 1 atom stereocenters. The monoisotopic (exact) mass is 272 g/mol. The molecule has 0 aliphatic heterocycles. The third kappa shape index (κ3) is 2.62. The summed E-state index contributed by atoms with van der Waals surface area (Å²) in [6.45, 7) is -0.377. The number of hydrogen-bond donors (Lipinski definition) is 3. The fourth-order valence-corrected chi connectivity index (χ4v) is 1.55. The molecular weight excluding hydrogens is 264 g/mol. The first-order valence-corrected chi connectivity index (χ1v) is 4.81. The number of alkyl halides is 3. The zero-order valence-electron chi connectivity index (χ0n) is 8.35. The van der Waals surface area contributed by atoms with Crippen molar-refractivity contribution < 1.29 is 22.7 Å². The highest BCUT2D eigenvalue weighted by molar-refractivity contribution is 6.31. The summed E-state index contributed by atoms with van der Waals surface area (Å²) in [7, 11) is 0. The van der Waals surface area contributed by atoms with Crippen molar-refractivity contribution in [2.24, 2.45) is 11.5 Å². The lowest BCUT2D eigenvalue weighted by Crippen LogP contribution is -2.25. The minimum absolute atomic E-state index is 0.376. The molecule has 0 amide bonds. The van der Waals surface area contributed by atoms with Gasteiger partial charge in [-0.05, 0) is 6.07 Å². The molecule has 1 aromatic carbocycles. The second-order valence-electron chi connectivity index (χ2n) is 3.32. The average Bonchev–Trinajstić information content (AvgIpc) is 2.23. The smallest absolute Gasteiger partial charge is 0.416 e. The number of phenolic OH excluding ortho intramolecular Hbond substituents is 1. The molecule has 0 aliphatic rings. The van der Waals surface area contributed by atoms with Crippen LogP contribution >= 0.6 is 11.6 Å². The van der Waals surface area contributed by atoms with Gasteiger partial charge in [-0.2, -0.15) is 13.2 Å². The summed E-state index contributed by atoms with van der Waals surface area (Å²) >= 11 is 5.24. The third-order valence-electron chi connectivity index (χ3n) is 2.16. The number of phenols is 1. The summed E-state index contributed by atoms with van der Waals surface area (Å²) in [6, 6.07) is -0.958. The van der Waals surface area contributed by atoms with Crippen molar-refractivity contribution in [1.82, 2.24) is 0 Å². The van der Waals surface area contributed by atoms with Gasteiger partial charge in [0.05, 0.1) is 10.6 Å². The molecule has 8 heteroatoms. The van der Waals surface area contributed by atoms with Crippen molar-refractivity contribution in [1.29, 1.82) is 0 Å². The fraction of sp³-hybridized carbons (Fsp3) is 0.333. The normalized spacial score (nSPS) is 13.8. The second-order valence-corrected chi connectivity index (χ2v) is 3.73. The van der Waals surface area contributed by atoms with Gasteiger partial charge in [-0.1, -0.05) is 11.6 Å². The Hall–Kier alpha value is -1.05. The molecule has 3 nitrogen and oxygen atoms in total. The fourth-order valence-electron chi connectivity index (χ4n) is 1.35. The highest BCUT2D eigenvalue weighted by Crippen LogP contribution is 2.41. The number of nitrogens with two attached hydrogens (primary N) is 2. The molecule has 0 spiro atoms. The van der Waals surface area contributed by atoms with Crippen LogP contribution in [-0.2, 0) is 6.18 Å². The number of halogens is 5. The first kappa shape index (κ1) is 14.0. The van der Waals surface area contributed by atoms with Crippen molar-refractivity contribution in [3.05, 3.63) is 28.0 Å². The molecule has 1 rings (SSSR count). The highest BCUT2D eigenvalue weighted by Gasteiger charge is 2.37. The minimum Gasteiger partial charge on any atom is -0.505 e. The highest BCUT2D eigenvalue weighted by atomic mass is 35.5. The molecule has 0 saturated carbocycles. The van der Waals surface area contributed by atoms with Gasteiger partial charge in [-0.25, -0.2) is 4.39 Å². The molecule has 0 aromatic heterocycles. The summed E-state index contributed by atoms with van der Waals surface area (Å²) in [4.78, 5) is 0. The Morgan fingerprint density at radius 2 is 1.94 bits per heavy atom. The molecule has 5 N–H and O–H groups in total. The Kier molecular flexibility index (Phi) is 3.85. The summed E-state index contributed by atoms with van der Waals surface area (Å²) in [5.74, 6) is -2.57. The number of rotatable bonds is 2. The Morgan fingerprint density at radius 3 is 2.35 bits per heavy atom. The van der Waals surface area contributed by atoms with Gasteiger partial charge in [0.25, 0.3) is 0 Å². The van der Waals surface area contributed by atoms with Gasteiger partial charge >= 0.3 is 6.18 Å². The van der Waals surface area contributed by atoms with Gasteiger partial charge in [0.2, 0.25) is 0 Å². The van der Waals surface area contributed by atoms with Crippen molar-refractivity contribution >= 4 is 11.6 Å². The zero-order valence-corrected chi connectivity index (χ0v) is 9.11. The molecule has 0 heterocycles. The Morgan fingerprint density at radius 1 is 1.41 bits per heavy atom. The summed E-state index contributed by atoms with van der Waals surface area (Å²) in [6.07, 6.45) is -4.81. The molecule has 0 unspecified atom stereocenters. The standard InChI is InChI=1S/C9H9ClF4N2O/c10-4-1-3(9(12,13)14)6(5(16)2-15)8(17)7(4)11/h1,5,17H,2,15-16H2/t5-/m1/s1. The predicted molar refractivity (Wildman–Crippen MR) is 54.1 cm³/mol. The summed E-state index contributed by atoms with van der Waals surface area (Å²) in [5, 5.41) is 8.50. The second kappa shape index (κ2) is 4.67. The number of hydrogen-bond acceptors (Lipinski definition) is 3. The quantitative estimate of drug-likeness (QED) is 0.723. The van der Waals surface area contributed by atoms with E-state index in [2.05, 4.69) is 0 Å². The molecule has 17 heavy (non-hydrogen) atoms. The van der Waals surface area contributed by atoms with Gasteiger partial charge in [0.15, 0.2) is 11.6 Å². The maximum atomic E-state index is 13.2. The average molecular weight is 273 g/mol. The van der Waals surface area contributed by atoms with E-state index in [9.17, 15) is 22.7 Å². The SMILES string of the molecule is NC[C@@H](N)c1c(C(F)(F)F)cc(Cl)c(F)c1O. The first-order valence-electron chi connectivity index (χ1n) is 4.43. The molecule has 0 bridgehead atoms. The van der Waals surface area contributed by atoms with Crippen LogP contribution in [-0.4, -0.2) is 11.7 Å². The first-order chi connectivity index (χ1) is 7.70. The van der Waals surface area contributed by atoms with E-state index >= 15 is 0 Å². The number of aromatic hydroxyl groups is 1. The molecule has 0 saturated heterocycles. The van der Waals surface area contributed by atoms with E-state index in [0.717, 1.165) is 0 Å². The zero-order chi connectivity index (χ0) is 13.4. The van der Waals surface area contributed by atoms with E-state index in [1.165, 1.54) is 0 Å². The maximum absolute atomic E-state index is 13.2. The van der Waals surface area contributed by atoms with Gasteiger partial charge in [-0.3, -0.25) is 0 Å². The van der Waals surface area contributed by atoms with Crippen LogP contribution in [0.1, 0.15) is 17.2 Å².